The number of benzene rings is 1. The first-order valence-electron chi connectivity index (χ1n) is 7.95. The van der Waals surface area contributed by atoms with Crippen molar-refractivity contribution in [2.75, 3.05) is 7.11 Å². The molecular weight excluding hydrogens is 308 g/mol. The summed E-state index contributed by atoms with van der Waals surface area (Å²) >= 11 is 0. The molecule has 1 heterocycles. The lowest BCUT2D eigenvalue weighted by Crippen LogP contribution is -2.37. The van der Waals surface area contributed by atoms with E-state index in [0.717, 1.165) is 28.3 Å². The second-order valence-electron chi connectivity index (χ2n) is 5.88. The Balaban J connectivity index is 1.88. The molecule has 0 spiro atoms. The van der Waals surface area contributed by atoms with Crippen molar-refractivity contribution < 1.29 is 19.2 Å². The Kier molecular flexibility index (Phi) is 5.98. The lowest BCUT2D eigenvalue weighted by atomic mass is 10.0. The van der Waals surface area contributed by atoms with Crippen molar-refractivity contribution in [3.8, 4) is 5.75 Å². The number of aryl methyl sites for hydroxylation is 2. The van der Waals surface area contributed by atoms with E-state index in [1.54, 1.807) is 38.3 Å². The normalized spacial score (nSPS) is 13.4. The molecule has 6 nitrogen and oxygen atoms in total. The van der Waals surface area contributed by atoms with Crippen molar-refractivity contribution in [3.05, 3.63) is 46.8 Å². The van der Waals surface area contributed by atoms with Crippen LogP contribution in [0.4, 0.5) is 0 Å². The summed E-state index contributed by atoms with van der Waals surface area (Å²) in [5, 5.41) is 17.1. The van der Waals surface area contributed by atoms with E-state index in [4.69, 9.17) is 9.26 Å². The number of nitrogens with one attached hydrogen (secondary N) is 1. The average molecular weight is 332 g/mol. The Morgan fingerprint density at radius 3 is 2.54 bits per heavy atom. The molecule has 1 aromatic heterocycles. The molecule has 0 aliphatic carbocycles. The molecule has 1 aromatic carbocycles. The molecule has 0 saturated heterocycles. The molecule has 130 valence electrons. The smallest absolute Gasteiger partial charge is 0.220 e. The fourth-order valence-electron chi connectivity index (χ4n) is 2.59. The van der Waals surface area contributed by atoms with E-state index in [9.17, 15) is 9.90 Å². The van der Waals surface area contributed by atoms with E-state index in [2.05, 4.69) is 10.5 Å². The van der Waals surface area contributed by atoms with Crippen molar-refractivity contribution in [2.24, 2.45) is 0 Å². The van der Waals surface area contributed by atoms with Crippen LogP contribution in [0.5, 0.6) is 5.75 Å². The Morgan fingerprint density at radius 2 is 2.00 bits per heavy atom. The van der Waals surface area contributed by atoms with Crippen LogP contribution in [-0.4, -0.2) is 29.3 Å². The van der Waals surface area contributed by atoms with Gasteiger partial charge in [0.25, 0.3) is 0 Å². The van der Waals surface area contributed by atoms with Crippen molar-refractivity contribution in [1.29, 1.82) is 0 Å². The Labute approximate surface area is 141 Å². The van der Waals surface area contributed by atoms with Gasteiger partial charge in [0.05, 0.1) is 24.9 Å². The zero-order valence-electron chi connectivity index (χ0n) is 14.5. The van der Waals surface area contributed by atoms with Crippen LogP contribution in [0, 0.1) is 13.8 Å². The van der Waals surface area contributed by atoms with Crippen molar-refractivity contribution in [2.45, 2.75) is 45.8 Å². The van der Waals surface area contributed by atoms with Gasteiger partial charge in [0, 0.05) is 12.0 Å². The second kappa shape index (κ2) is 7.97. The molecule has 6 heteroatoms. The molecule has 2 aromatic rings. The summed E-state index contributed by atoms with van der Waals surface area (Å²) < 4.78 is 10.2. The Morgan fingerprint density at radius 1 is 1.33 bits per heavy atom. The number of rotatable bonds is 7. The maximum absolute atomic E-state index is 12.1. The molecule has 2 rings (SSSR count). The number of hydrogen-bond acceptors (Lipinski definition) is 5. The number of ether oxygens (including phenoxy) is 1. The highest BCUT2D eigenvalue weighted by atomic mass is 16.5. The molecule has 1 amide bonds. The summed E-state index contributed by atoms with van der Waals surface area (Å²) in [7, 11) is 1.59. The first kappa shape index (κ1) is 18.0. The maximum Gasteiger partial charge on any atom is 0.220 e. The van der Waals surface area contributed by atoms with Gasteiger partial charge in [-0.05, 0) is 44.9 Å². The minimum Gasteiger partial charge on any atom is -0.497 e. The lowest BCUT2D eigenvalue weighted by Gasteiger charge is -2.21. The number of hydrogen-bond donors (Lipinski definition) is 2. The highest BCUT2D eigenvalue weighted by molar-refractivity contribution is 5.76. The zero-order chi connectivity index (χ0) is 17.7. The van der Waals surface area contributed by atoms with Gasteiger partial charge < -0.3 is 19.7 Å². The monoisotopic (exact) mass is 332 g/mol. The number of carbonyl (C=O) groups excluding carboxylic acids is 1. The van der Waals surface area contributed by atoms with Gasteiger partial charge >= 0.3 is 0 Å². The fourth-order valence-corrected chi connectivity index (χ4v) is 2.59. The third-order valence-electron chi connectivity index (χ3n) is 4.10. The minimum absolute atomic E-state index is 0.116. The molecular formula is C18H24N2O4. The molecule has 24 heavy (non-hydrogen) atoms. The third kappa shape index (κ3) is 4.35. The van der Waals surface area contributed by atoms with E-state index in [0.29, 0.717) is 12.8 Å². The summed E-state index contributed by atoms with van der Waals surface area (Å²) in [5.41, 5.74) is 2.51. The van der Waals surface area contributed by atoms with Crippen LogP contribution in [0.3, 0.4) is 0 Å². The summed E-state index contributed by atoms with van der Waals surface area (Å²) in [6.07, 6.45) is 0.111. The summed E-state index contributed by atoms with van der Waals surface area (Å²) in [6.45, 7) is 5.48. The zero-order valence-corrected chi connectivity index (χ0v) is 14.5. The number of aromatic nitrogens is 1. The predicted molar refractivity (Wildman–Crippen MR) is 89.9 cm³/mol. The largest absolute Gasteiger partial charge is 0.497 e. The van der Waals surface area contributed by atoms with Crippen LogP contribution >= 0.6 is 0 Å². The van der Waals surface area contributed by atoms with Crippen LogP contribution in [0.15, 0.2) is 28.8 Å². The molecule has 2 atom stereocenters. The van der Waals surface area contributed by atoms with Crippen molar-refractivity contribution in [1.82, 2.24) is 10.5 Å². The number of amides is 1. The molecule has 0 bridgehead atoms. The van der Waals surface area contributed by atoms with E-state index < -0.39 is 12.1 Å². The molecule has 0 radical (unpaired) electrons. The summed E-state index contributed by atoms with van der Waals surface area (Å²) in [5.74, 6) is 1.35. The number of aliphatic hydroxyl groups excluding tert-OH is 1. The lowest BCUT2D eigenvalue weighted by molar-refractivity contribution is -0.122. The molecule has 0 aliphatic rings. The Hall–Kier alpha value is -2.34. The van der Waals surface area contributed by atoms with Gasteiger partial charge in [-0.2, -0.15) is 0 Å². The van der Waals surface area contributed by atoms with Gasteiger partial charge in [0.1, 0.15) is 11.5 Å². The maximum atomic E-state index is 12.1. The van der Waals surface area contributed by atoms with Gasteiger partial charge in [-0.3, -0.25) is 4.79 Å². The van der Waals surface area contributed by atoms with Gasteiger partial charge in [-0.1, -0.05) is 17.3 Å². The van der Waals surface area contributed by atoms with E-state index in [1.165, 1.54) is 0 Å². The van der Waals surface area contributed by atoms with Gasteiger partial charge in [-0.15, -0.1) is 0 Å². The first-order valence-corrected chi connectivity index (χ1v) is 7.95. The van der Waals surface area contributed by atoms with Crippen LogP contribution in [0.25, 0.3) is 0 Å². The van der Waals surface area contributed by atoms with Gasteiger partial charge in [-0.25, -0.2) is 0 Å². The highest BCUT2D eigenvalue weighted by Crippen LogP contribution is 2.20. The number of aliphatic hydroxyl groups is 1. The van der Waals surface area contributed by atoms with Crippen LogP contribution in [0.1, 0.15) is 42.0 Å². The SMILES string of the molecule is COc1ccc(C(O)C(C)NC(=O)CCc2c(C)noc2C)cc1. The third-order valence-corrected chi connectivity index (χ3v) is 4.10. The van der Waals surface area contributed by atoms with Crippen molar-refractivity contribution in [3.63, 3.8) is 0 Å². The molecule has 2 unspecified atom stereocenters. The summed E-state index contributed by atoms with van der Waals surface area (Å²) in [4.78, 5) is 12.1. The van der Waals surface area contributed by atoms with Gasteiger partial charge in [0.2, 0.25) is 5.91 Å². The van der Waals surface area contributed by atoms with Crippen LogP contribution < -0.4 is 10.1 Å². The second-order valence-corrected chi connectivity index (χ2v) is 5.88. The van der Waals surface area contributed by atoms with Crippen LogP contribution in [-0.2, 0) is 11.2 Å². The Bertz CT molecular complexity index is 659. The highest BCUT2D eigenvalue weighted by Gasteiger charge is 2.19. The number of nitrogens with zero attached hydrogens (tertiary/aromatic N) is 1. The number of carbonyl (C=O) groups is 1. The molecule has 0 fully saturated rings. The quantitative estimate of drug-likeness (QED) is 0.813. The molecule has 2 N–H and O–H groups in total. The fraction of sp³-hybridized carbons (Fsp3) is 0.444. The van der Waals surface area contributed by atoms with E-state index in [1.807, 2.05) is 13.8 Å². The molecule has 0 saturated carbocycles. The minimum atomic E-state index is -0.779. The average Bonchev–Trinajstić information content (AvgIpc) is 2.90. The summed E-state index contributed by atoms with van der Waals surface area (Å²) in [6, 6.07) is 6.75. The van der Waals surface area contributed by atoms with E-state index >= 15 is 0 Å². The van der Waals surface area contributed by atoms with E-state index in [-0.39, 0.29) is 5.91 Å². The van der Waals surface area contributed by atoms with Gasteiger partial charge in [0.15, 0.2) is 0 Å². The number of methoxy groups -OCH3 is 1. The topological polar surface area (TPSA) is 84.6 Å². The molecule has 0 aliphatic heterocycles. The first-order chi connectivity index (χ1) is 11.4. The standard InChI is InChI=1S/C18H24N2O4/c1-11-16(13(3)24-20-11)9-10-17(21)19-12(2)18(22)14-5-7-15(23-4)8-6-14/h5-8,12,18,22H,9-10H2,1-4H3,(H,19,21). The van der Waals surface area contributed by atoms with Crippen LogP contribution in [0.2, 0.25) is 0 Å². The van der Waals surface area contributed by atoms with Crippen molar-refractivity contribution >= 4 is 5.91 Å². The predicted octanol–water partition coefficient (Wildman–Crippen LogP) is 2.47.